The van der Waals surface area contributed by atoms with Gasteiger partial charge in [-0.05, 0) is 59.1 Å². The van der Waals surface area contributed by atoms with Gasteiger partial charge in [0, 0.05) is 22.6 Å². The number of aliphatic imine (C=N–C) groups is 2. The van der Waals surface area contributed by atoms with E-state index in [1.807, 2.05) is 24.5 Å². The summed E-state index contributed by atoms with van der Waals surface area (Å²) in [6, 6.07) is 12.5. The van der Waals surface area contributed by atoms with E-state index in [4.69, 9.17) is 22.0 Å². The molecule has 3 aromatic rings. The third kappa shape index (κ3) is 8.05. The van der Waals surface area contributed by atoms with Gasteiger partial charge in [-0.1, -0.05) is 45.7 Å². The van der Waals surface area contributed by atoms with Crippen molar-refractivity contribution in [2.24, 2.45) is 15.7 Å². The molecule has 2 aromatic carbocycles. The molecule has 1 amide bonds. The standard InChI is InChI=1S/C22H24BrClN8O3/c1-13-3-8-16(12-17(13)23)28-21(30-34)19-20(32-35-31-19)26-9-2-10-27-22(25)29-18(33)11-14-4-6-15(24)7-5-14/h3-8,12,34H,2,9-11H2,1H3,(H,26,32)(H,28,30)(H3,25,27,29,33). The minimum atomic E-state index is -0.270. The van der Waals surface area contributed by atoms with Gasteiger partial charge in [0.05, 0.1) is 12.1 Å². The highest BCUT2D eigenvalue weighted by molar-refractivity contribution is 9.10. The fourth-order valence-corrected chi connectivity index (χ4v) is 3.36. The molecule has 1 heterocycles. The van der Waals surface area contributed by atoms with E-state index in [0.29, 0.717) is 36.0 Å². The summed E-state index contributed by atoms with van der Waals surface area (Å²) >= 11 is 9.30. The molecule has 0 atom stereocenters. The molecule has 0 bridgehead atoms. The number of nitrogens with two attached hydrogens (primary N) is 1. The highest BCUT2D eigenvalue weighted by Gasteiger charge is 2.16. The number of guanidine groups is 1. The predicted molar refractivity (Wildman–Crippen MR) is 137 cm³/mol. The van der Waals surface area contributed by atoms with Gasteiger partial charge in [0.25, 0.3) is 0 Å². The second-order valence-electron chi connectivity index (χ2n) is 7.37. The minimum Gasteiger partial charge on any atom is -0.370 e. The fraction of sp³-hybridized carbons (Fsp3) is 0.227. The molecule has 0 spiro atoms. The smallest absolute Gasteiger partial charge is 0.231 e. The molecule has 0 aliphatic heterocycles. The van der Waals surface area contributed by atoms with Gasteiger partial charge in [0.15, 0.2) is 17.5 Å². The summed E-state index contributed by atoms with van der Waals surface area (Å²) in [7, 11) is 0. The van der Waals surface area contributed by atoms with Crippen LogP contribution in [0.15, 0.2) is 61.6 Å². The molecule has 3 rings (SSSR count). The van der Waals surface area contributed by atoms with Crippen LogP contribution in [0.25, 0.3) is 0 Å². The quantitative estimate of drug-likeness (QED) is 0.115. The molecule has 0 saturated heterocycles. The summed E-state index contributed by atoms with van der Waals surface area (Å²) in [6.45, 7) is 2.77. The lowest BCUT2D eigenvalue weighted by molar-refractivity contribution is -0.119. The van der Waals surface area contributed by atoms with Crippen LogP contribution >= 0.6 is 27.5 Å². The number of halogens is 2. The first-order valence-electron chi connectivity index (χ1n) is 10.5. The Morgan fingerprint density at radius 1 is 1.23 bits per heavy atom. The number of amidine groups is 1. The zero-order chi connectivity index (χ0) is 25.2. The first-order valence-corrected chi connectivity index (χ1v) is 11.7. The number of aryl methyl sites for hydroxylation is 1. The van der Waals surface area contributed by atoms with Crippen LogP contribution in [-0.4, -0.2) is 46.3 Å². The Morgan fingerprint density at radius 3 is 2.71 bits per heavy atom. The van der Waals surface area contributed by atoms with Gasteiger partial charge >= 0.3 is 0 Å². The number of benzene rings is 2. The second-order valence-corrected chi connectivity index (χ2v) is 8.66. The van der Waals surface area contributed by atoms with Crippen LogP contribution in [0.3, 0.4) is 0 Å². The van der Waals surface area contributed by atoms with Crippen molar-refractivity contribution in [2.75, 3.05) is 18.4 Å². The number of hydrogen-bond acceptors (Lipinski definition) is 8. The Balaban J connectivity index is 1.48. The number of nitrogens with one attached hydrogen (secondary N) is 3. The molecule has 11 nitrogen and oxygen atoms in total. The third-order valence-electron chi connectivity index (χ3n) is 4.67. The van der Waals surface area contributed by atoms with Gasteiger partial charge in [-0.3, -0.25) is 25.8 Å². The van der Waals surface area contributed by atoms with Gasteiger partial charge < -0.3 is 11.1 Å². The Labute approximate surface area is 214 Å². The molecule has 0 unspecified atom stereocenters. The highest BCUT2D eigenvalue weighted by Crippen LogP contribution is 2.23. The van der Waals surface area contributed by atoms with Crippen molar-refractivity contribution in [3.63, 3.8) is 0 Å². The molecular weight excluding hydrogens is 540 g/mol. The summed E-state index contributed by atoms with van der Waals surface area (Å²) in [5.74, 6) is 0.129. The lowest BCUT2D eigenvalue weighted by Gasteiger charge is -2.07. The van der Waals surface area contributed by atoms with Crippen molar-refractivity contribution < 1.29 is 14.6 Å². The second kappa shape index (κ2) is 12.8. The summed E-state index contributed by atoms with van der Waals surface area (Å²) < 4.78 is 5.68. The van der Waals surface area contributed by atoms with Gasteiger partial charge in [-0.2, -0.15) is 0 Å². The van der Waals surface area contributed by atoms with Crippen molar-refractivity contribution in [3.8, 4) is 0 Å². The SMILES string of the molecule is Cc1ccc(N=C(NO)c2nonc2NCCCN=C(N)NC(=O)Cc2ccc(Cl)cc2)cc1Br. The van der Waals surface area contributed by atoms with Crippen molar-refractivity contribution in [1.29, 1.82) is 0 Å². The first-order chi connectivity index (χ1) is 16.9. The van der Waals surface area contributed by atoms with Crippen molar-refractivity contribution in [2.45, 2.75) is 19.8 Å². The van der Waals surface area contributed by atoms with Crippen LogP contribution in [0.5, 0.6) is 0 Å². The lowest BCUT2D eigenvalue weighted by Crippen LogP contribution is -2.37. The zero-order valence-corrected chi connectivity index (χ0v) is 21.1. The summed E-state index contributed by atoms with van der Waals surface area (Å²) in [5.41, 5.74) is 10.5. The van der Waals surface area contributed by atoms with E-state index in [9.17, 15) is 10.0 Å². The van der Waals surface area contributed by atoms with Gasteiger partial charge in [-0.15, -0.1) is 0 Å². The van der Waals surface area contributed by atoms with Gasteiger partial charge in [0.2, 0.25) is 11.7 Å². The van der Waals surface area contributed by atoms with E-state index in [0.717, 1.165) is 15.6 Å². The lowest BCUT2D eigenvalue weighted by atomic mass is 10.1. The number of amides is 1. The fourth-order valence-electron chi connectivity index (χ4n) is 2.87. The molecule has 0 radical (unpaired) electrons. The Hall–Kier alpha value is -3.48. The average molecular weight is 564 g/mol. The van der Waals surface area contributed by atoms with Crippen LogP contribution in [0, 0.1) is 6.92 Å². The Morgan fingerprint density at radius 2 is 2.00 bits per heavy atom. The van der Waals surface area contributed by atoms with E-state index < -0.39 is 0 Å². The maximum absolute atomic E-state index is 12.1. The van der Waals surface area contributed by atoms with Crippen LogP contribution in [0.2, 0.25) is 5.02 Å². The number of hydrogen-bond donors (Lipinski definition) is 5. The molecule has 0 aliphatic rings. The topological polar surface area (TPSA) is 163 Å². The van der Waals surface area contributed by atoms with Gasteiger partial charge in [-0.25, -0.2) is 9.62 Å². The van der Waals surface area contributed by atoms with Crippen LogP contribution in [0.4, 0.5) is 11.5 Å². The number of aromatic nitrogens is 2. The van der Waals surface area contributed by atoms with Crippen LogP contribution in [0.1, 0.15) is 23.2 Å². The van der Waals surface area contributed by atoms with E-state index in [1.54, 1.807) is 30.3 Å². The molecule has 13 heteroatoms. The van der Waals surface area contributed by atoms with Gasteiger partial charge in [0.1, 0.15) is 0 Å². The van der Waals surface area contributed by atoms with Crippen molar-refractivity contribution >= 4 is 56.7 Å². The first kappa shape index (κ1) is 26.1. The average Bonchev–Trinajstić information content (AvgIpc) is 3.29. The largest absolute Gasteiger partial charge is 0.370 e. The zero-order valence-electron chi connectivity index (χ0n) is 18.8. The summed E-state index contributed by atoms with van der Waals surface area (Å²) in [6.07, 6.45) is 0.739. The maximum Gasteiger partial charge on any atom is 0.231 e. The number of carbonyl (C=O) groups is 1. The number of anilines is 1. The van der Waals surface area contributed by atoms with Crippen LogP contribution in [-0.2, 0) is 11.2 Å². The van der Waals surface area contributed by atoms with Crippen molar-refractivity contribution in [1.82, 2.24) is 21.1 Å². The molecule has 0 fully saturated rings. The molecule has 1 aromatic heterocycles. The number of nitrogens with zero attached hydrogens (tertiary/aromatic N) is 4. The summed E-state index contributed by atoms with van der Waals surface area (Å²) in [4.78, 5) is 20.6. The summed E-state index contributed by atoms with van der Waals surface area (Å²) in [5, 5.41) is 23.4. The number of hydroxylamine groups is 1. The number of carbonyl (C=O) groups excluding carboxylic acids is 1. The molecular formula is C22H24BrClN8O3. The van der Waals surface area contributed by atoms with E-state index >= 15 is 0 Å². The predicted octanol–water partition coefficient (Wildman–Crippen LogP) is 3.33. The molecule has 6 N–H and O–H groups in total. The number of rotatable bonds is 9. The van der Waals surface area contributed by atoms with E-state index in [2.05, 4.69) is 46.9 Å². The highest BCUT2D eigenvalue weighted by atomic mass is 79.9. The normalized spacial score (nSPS) is 11.9. The van der Waals surface area contributed by atoms with E-state index in [-0.39, 0.29) is 29.8 Å². The maximum atomic E-state index is 12.1. The van der Waals surface area contributed by atoms with E-state index in [1.165, 1.54) is 0 Å². The molecule has 0 saturated carbocycles. The minimum absolute atomic E-state index is 0.0379. The van der Waals surface area contributed by atoms with Crippen LogP contribution < -0.4 is 21.8 Å². The molecule has 184 valence electrons. The van der Waals surface area contributed by atoms with Crippen molar-refractivity contribution in [3.05, 3.63) is 68.8 Å². The monoisotopic (exact) mass is 562 g/mol. The third-order valence-corrected chi connectivity index (χ3v) is 5.78. The molecule has 0 aliphatic carbocycles. The Bertz CT molecular complexity index is 1210. The molecule has 35 heavy (non-hydrogen) atoms. The Kier molecular flexibility index (Phi) is 9.58.